The summed E-state index contributed by atoms with van der Waals surface area (Å²) in [5, 5.41) is 0. The maximum Gasteiger partial charge on any atom is 0.237 e. The van der Waals surface area contributed by atoms with Gasteiger partial charge in [-0.1, -0.05) is 263 Å². The van der Waals surface area contributed by atoms with E-state index in [1.807, 2.05) is 99.6 Å². The zero-order valence-corrected chi connectivity index (χ0v) is 66.4. The molecule has 0 N–H and O–H groups in total. The Bertz CT molecular complexity index is 3680. The maximum atomic E-state index is 13.1. The van der Waals surface area contributed by atoms with Gasteiger partial charge in [0, 0.05) is 0 Å². The van der Waals surface area contributed by atoms with Crippen molar-refractivity contribution < 1.29 is 9.59 Å². The van der Waals surface area contributed by atoms with E-state index in [-0.39, 0.29) is 23.7 Å². The van der Waals surface area contributed by atoms with Gasteiger partial charge in [-0.15, -0.1) is 0 Å². The summed E-state index contributed by atoms with van der Waals surface area (Å²) in [6.07, 6.45) is 48.2. The first-order valence-electron chi connectivity index (χ1n) is 44.9. The molecule has 35 unspecified atom stereocenters. The number of anilines is 1. The van der Waals surface area contributed by atoms with E-state index in [1.165, 1.54) is 81.9 Å². The summed E-state index contributed by atoms with van der Waals surface area (Å²) in [5.41, 5.74) is 8.85. The van der Waals surface area contributed by atoms with Crippen LogP contribution in [0, 0.1) is 195 Å². The largest absolute Gasteiger partial charge is 0.274 e. The van der Waals surface area contributed by atoms with E-state index in [0.29, 0.717) is 35.5 Å². The lowest BCUT2D eigenvalue weighted by molar-refractivity contribution is -0.123. The van der Waals surface area contributed by atoms with E-state index >= 15 is 0 Å². The van der Waals surface area contributed by atoms with Crippen molar-refractivity contribution in [3.8, 4) is 0 Å². The van der Waals surface area contributed by atoms with Gasteiger partial charge in [-0.2, -0.15) is 0 Å². The standard InChI is InChI=1S/C20H19NO2.3C19H22.C16H16.5C2H6/c22-19-17-13-9-14(16-11-7-6-10(8-11)15(13)16)18(17)20(23)21(19)12-4-2-1-3-5-12;3*1-2-4-12(5-3-1)8-15-10-16-11-17(15)19-14-7-6-13(9-14)18(16)19;1-2-4-12-11(3-1)13-8-14(12)16-10-6-5-9(7-10)15(13)16;5*1-2/h1-7,10-11,13-18H,8-9H2;3*1-7,13-19H,8-11H2;1-6,9-10,13-16H,7-8H2;5*1-2H3. The molecule has 5 aromatic carbocycles. The van der Waals surface area contributed by atoms with Gasteiger partial charge in [0.15, 0.2) is 0 Å². The van der Waals surface area contributed by atoms with Crippen molar-refractivity contribution in [1.29, 1.82) is 0 Å². The number of benzene rings is 5. The Labute approximate surface area is 641 Å². The van der Waals surface area contributed by atoms with Crippen molar-refractivity contribution in [2.24, 2.45) is 195 Å². The van der Waals surface area contributed by atoms with Gasteiger partial charge in [0.2, 0.25) is 11.8 Å². The number of hydrogen-bond donors (Lipinski definition) is 0. The Balaban J connectivity index is 0.0000000949. The number of hydrogen-bond acceptors (Lipinski definition) is 2. The third kappa shape index (κ3) is 11.9. The molecule has 20 aliphatic carbocycles. The molecule has 3 nitrogen and oxygen atoms in total. The summed E-state index contributed by atoms with van der Waals surface area (Å²) in [5.74, 6) is 31.0. The van der Waals surface area contributed by atoms with Crippen LogP contribution in [0.5, 0.6) is 0 Å². The number of rotatable bonds is 7. The quantitative estimate of drug-likeness (QED) is 0.0925. The Hall–Kier alpha value is -6.06. The highest BCUT2D eigenvalue weighted by atomic mass is 16.2. The van der Waals surface area contributed by atoms with Crippen LogP contribution in [-0.2, 0) is 28.9 Å². The van der Waals surface area contributed by atoms with Gasteiger partial charge >= 0.3 is 0 Å². The van der Waals surface area contributed by atoms with E-state index in [9.17, 15) is 9.59 Å². The summed E-state index contributed by atoms with van der Waals surface area (Å²) >= 11 is 0. The Morgan fingerprint density at radius 1 is 0.255 bits per heavy atom. The number of para-hydroxylation sites is 1. The molecule has 1 aliphatic heterocycles. The second-order valence-electron chi connectivity index (χ2n) is 36.6. The molecule has 21 aliphatic rings. The minimum atomic E-state index is -0.0401. The van der Waals surface area contributed by atoms with E-state index in [0.717, 1.165) is 172 Å². The monoisotopic (exact) mass is 1410 g/mol. The fourth-order valence-electron chi connectivity index (χ4n) is 31.3. The summed E-state index contributed by atoms with van der Waals surface area (Å²) in [6.45, 7) is 20.0. The van der Waals surface area contributed by atoms with Gasteiger partial charge in [0.25, 0.3) is 0 Å². The minimum absolute atomic E-state index is 0.0401. The van der Waals surface area contributed by atoms with Crippen LogP contribution in [-0.4, -0.2) is 11.8 Å². The molecule has 20 bridgehead atoms. The fourth-order valence-corrected chi connectivity index (χ4v) is 31.3. The molecule has 5 aromatic rings. The summed E-state index contributed by atoms with van der Waals surface area (Å²) in [6, 6.07) is 52.3. The Morgan fingerprint density at radius 2 is 0.509 bits per heavy atom. The lowest BCUT2D eigenvalue weighted by Gasteiger charge is -2.36. The first-order valence-corrected chi connectivity index (χ1v) is 44.9. The number of imide groups is 1. The Morgan fingerprint density at radius 3 is 0.811 bits per heavy atom. The van der Waals surface area contributed by atoms with Crippen LogP contribution in [0.2, 0.25) is 0 Å². The van der Waals surface area contributed by atoms with Gasteiger partial charge in [0.1, 0.15) is 0 Å². The summed E-state index contributed by atoms with van der Waals surface area (Å²) < 4.78 is 0. The number of amides is 2. The second kappa shape index (κ2) is 30.7. The topological polar surface area (TPSA) is 37.4 Å². The van der Waals surface area contributed by atoms with E-state index in [1.54, 1.807) is 47.1 Å². The van der Waals surface area contributed by atoms with Crippen molar-refractivity contribution in [2.75, 3.05) is 4.90 Å². The molecule has 15 fully saturated rings. The molecule has 14 saturated carbocycles. The van der Waals surface area contributed by atoms with Crippen LogP contribution in [0.15, 0.2) is 206 Å². The van der Waals surface area contributed by atoms with Crippen LogP contribution < -0.4 is 4.90 Å². The van der Waals surface area contributed by atoms with Crippen molar-refractivity contribution in [3.63, 3.8) is 0 Å². The minimum Gasteiger partial charge on any atom is -0.274 e. The molecule has 1 heterocycles. The first kappa shape index (κ1) is 72.8. The number of fused-ring (bicyclic) bond motifs is 51. The van der Waals surface area contributed by atoms with Gasteiger partial charge in [-0.05, 0) is 338 Å². The highest BCUT2D eigenvalue weighted by molar-refractivity contribution is 6.22. The van der Waals surface area contributed by atoms with Crippen molar-refractivity contribution in [2.45, 2.75) is 184 Å². The van der Waals surface area contributed by atoms with E-state index in [2.05, 4.69) is 176 Å². The van der Waals surface area contributed by atoms with Gasteiger partial charge in [-0.25, -0.2) is 0 Å². The molecule has 35 atom stereocenters. The van der Waals surface area contributed by atoms with Crippen molar-refractivity contribution >= 4 is 17.5 Å². The highest BCUT2D eigenvalue weighted by Crippen LogP contribution is 2.74. The van der Waals surface area contributed by atoms with E-state index < -0.39 is 0 Å². The lowest BCUT2D eigenvalue weighted by atomic mass is 9.65. The molecular formula is C103H131NO2. The maximum absolute atomic E-state index is 13.1. The van der Waals surface area contributed by atoms with Gasteiger partial charge in [-0.3, -0.25) is 14.5 Å². The smallest absolute Gasteiger partial charge is 0.237 e. The van der Waals surface area contributed by atoms with Crippen LogP contribution in [0.1, 0.15) is 192 Å². The van der Waals surface area contributed by atoms with Crippen molar-refractivity contribution in [1.82, 2.24) is 0 Å². The number of carbonyl (C=O) groups excluding carboxylic acids is 2. The zero-order chi connectivity index (χ0) is 72.8. The van der Waals surface area contributed by atoms with Crippen molar-refractivity contribution in [3.05, 3.63) is 234 Å². The molecule has 1 saturated heterocycles. The summed E-state index contributed by atoms with van der Waals surface area (Å²) in [7, 11) is 0. The van der Waals surface area contributed by atoms with Crippen LogP contribution >= 0.6 is 0 Å². The molecule has 106 heavy (non-hydrogen) atoms. The zero-order valence-electron chi connectivity index (χ0n) is 66.4. The third-order valence-corrected chi connectivity index (χ3v) is 33.5. The normalized spacial score (nSPS) is 44.6. The molecule has 26 rings (SSSR count). The van der Waals surface area contributed by atoms with E-state index in [4.69, 9.17) is 0 Å². The SMILES string of the molecule is C1=CC2CC1C1C3CC(Cc4ccccc4)C(C3)C21.C1=CC2CC1C1C3CC(Cc4ccccc4)C(C3)C21.C1=CC2CC1C1C3CC(Cc4ccccc4)C(C3)C21.C1=CC2CC1C1C3CC(c4ccccc43)C21.CC.CC.CC.CC.CC.O=C1C2C3CC(C2C(=O)N1c1ccccc1)C1C2C=CC(C2)C31. The molecular weight excluding hydrogens is 1280 g/mol. The lowest BCUT2D eigenvalue weighted by Crippen LogP contribution is -2.38. The Kier molecular flexibility index (Phi) is 21.1. The summed E-state index contributed by atoms with van der Waals surface area (Å²) in [4.78, 5) is 27.6. The molecule has 3 heteroatoms. The second-order valence-corrected chi connectivity index (χ2v) is 36.6. The van der Waals surface area contributed by atoms with Crippen LogP contribution in [0.4, 0.5) is 5.69 Å². The molecule has 0 spiro atoms. The predicted molar refractivity (Wildman–Crippen MR) is 439 cm³/mol. The first-order chi connectivity index (χ1) is 52.4. The third-order valence-electron chi connectivity index (χ3n) is 33.5. The van der Waals surface area contributed by atoms with Crippen LogP contribution in [0.3, 0.4) is 0 Å². The van der Waals surface area contributed by atoms with Crippen LogP contribution in [0.25, 0.3) is 0 Å². The molecule has 0 aromatic heterocycles. The number of carbonyl (C=O) groups is 2. The highest BCUT2D eigenvalue weighted by Gasteiger charge is 2.72. The van der Waals surface area contributed by atoms with Gasteiger partial charge in [0.05, 0.1) is 17.5 Å². The van der Waals surface area contributed by atoms with Gasteiger partial charge < -0.3 is 0 Å². The molecule has 2 amide bonds. The average molecular weight is 1420 g/mol. The molecule has 560 valence electrons. The fraction of sp³-hybridized carbons (Fsp3) is 0.592. The molecule has 0 radical (unpaired) electrons. The predicted octanol–water partition coefficient (Wildman–Crippen LogP) is 24.7. The average Bonchev–Trinajstić information content (AvgIpc) is 1.53. The number of allylic oxidation sites excluding steroid dienone is 10. The number of nitrogens with zero attached hydrogens (tertiary/aromatic N) is 1.